The first-order valence-electron chi connectivity index (χ1n) is 38.2. The maximum absolute atomic E-state index is 13.5. The summed E-state index contributed by atoms with van der Waals surface area (Å²) in [5.74, 6) is 13.3. The molecule has 19 heteroatoms. The van der Waals surface area contributed by atoms with Crippen LogP contribution in [0.1, 0.15) is 215 Å². The lowest BCUT2D eigenvalue weighted by Crippen LogP contribution is -2.51. The standard InChI is InChI=1S/2C26H36N4O2.C21H33BrO2.C5H4N4/c1-25(32)10-7-17-16(13-25)3-4-19-18(17)8-11-26(2)20(19)5-6-21(26)24(31)15-30-23-9-12-27-14-22(23)28-29-30;1-25(32)10-7-17-16(13-25)3-4-19-18(17)8-11-26(2)20(19)5-6-21(26)24(31)15-30-28-22-9-12-27-14-23(22)29-30;1-20(24)9-7-14-13(11-20)3-4-16-15(14)8-10-21(2)17(16)5-6-18(21)19(23)12-22;1-2-6-3-5-4(1)7-9-8-5/h2*9,12,14,16-21,32H,3-8,10-11,13,15H2,1-2H3;13-18,24H,3-12H2,1-2H3;1-3H,(H,7,8,9)/t2*16-,17+,18-,19-,20+,21-,25-,26+;13-,14+,15-,16-,17+,18-,20-,21+;/m111./s1. The number of aromatic nitrogens is 12. The van der Waals surface area contributed by atoms with Gasteiger partial charge in [-0.25, -0.2) is 4.68 Å². The molecule has 0 aromatic carbocycles. The Kier molecular flexibility index (Phi) is 18.5. The number of fused-ring (bicyclic) bond motifs is 18. The van der Waals surface area contributed by atoms with E-state index in [1.54, 1.807) is 52.7 Å². The molecule has 12 aliphatic rings. The van der Waals surface area contributed by atoms with Crippen molar-refractivity contribution in [1.82, 2.24) is 60.4 Å². The number of carbonyl (C=O) groups excluding carboxylic acids is 3. The summed E-state index contributed by atoms with van der Waals surface area (Å²) >= 11 is 3.42. The molecular formula is C78H109BrN12O6. The van der Waals surface area contributed by atoms with Crippen molar-refractivity contribution >= 4 is 66.4 Å². The fourth-order valence-electron chi connectivity index (χ4n) is 25.9. The van der Waals surface area contributed by atoms with E-state index in [0.29, 0.717) is 58.8 Å². The topological polar surface area (TPSA) is 254 Å². The predicted octanol–water partition coefficient (Wildman–Crippen LogP) is 14.2. The van der Waals surface area contributed by atoms with Crippen LogP contribution >= 0.6 is 15.9 Å². The second-order valence-electron chi connectivity index (χ2n) is 35.5. The molecular weight excluding hydrogens is 1280 g/mol. The number of nitrogens with zero attached hydrogens (tertiary/aromatic N) is 11. The summed E-state index contributed by atoms with van der Waals surface area (Å²) in [6.07, 6.45) is 41.8. The van der Waals surface area contributed by atoms with Crippen molar-refractivity contribution in [2.45, 2.75) is 245 Å². The van der Waals surface area contributed by atoms with Gasteiger partial charge in [-0.15, -0.1) is 5.10 Å². The van der Waals surface area contributed by atoms with E-state index in [2.05, 4.69) is 87.6 Å². The molecule has 6 heterocycles. The first-order valence-corrected chi connectivity index (χ1v) is 39.3. The van der Waals surface area contributed by atoms with Gasteiger partial charge in [0.15, 0.2) is 11.6 Å². The molecule has 0 radical (unpaired) electrons. The molecule has 12 saturated carbocycles. The summed E-state index contributed by atoms with van der Waals surface area (Å²) < 4.78 is 1.76. The molecule has 97 heavy (non-hydrogen) atoms. The Hall–Kier alpha value is -4.98. The fraction of sp³-hybridized carbons (Fsp3) is 0.769. The van der Waals surface area contributed by atoms with E-state index < -0.39 is 16.8 Å². The Morgan fingerprint density at radius 1 is 0.443 bits per heavy atom. The smallest absolute Gasteiger partial charge is 0.159 e. The van der Waals surface area contributed by atoms with Gasteiger partial charge < -0.3 is 15.3 Å². The highest BCUT2D eigenvalue weighted by atomic mass is 79.9. The van der Waals surface area contributed by atoms with Crippen molar-refractivity contribution in [3.8, 4) is 0 Å². The van der Waals surface area contributed by atoms with Crippen molar-refractivity contribution in [2.24, 2.45) is 123 Å². The minimum Gasteiger partial charge on any atom is -0.390 e. The lowest BCUT2D eigenvalue weighted by molar-refractivity contribution is -0.133. The number of alkyl halides is 1. The van der Waals surface area contributed by atoms with Crippen LogP contribution in [-0.4, -0.2) is 115 Å². The second-order valence-corrected chi connectivity index (χ2v) is 36.0. The Morgan fingerprint density at radius 3 is 1.31 bits per heavy atom. The molecule has 0 aliphatic heterocycles. The van der Waals surface area contributed by atoms with Crippen molar-refractivity contribution in [1.29, 1.82) is 0 Å². The van der Waals surface area contributed by atoms with Crippen molar-refractivity contribution < 1.29 is 29.7 Å². The van der Waals surface area contributed by atoms with Gasteiger partial charge in [0.1, 0.15) is 46.5 Å². The summed E-state index contributed by atoms with van der Waals surface area (Å²) in [7, 11) is 0. The molecule has 12 fully saturated rings. The van der Waals surface area contributed by atoms with E-state index in [0.717, 1.165) is 156 Å². The fourth-order valence-corrected chi connectivity index (χ4v) is 26.3. The number of carbonyl (C=O) groups is 3. The van der Waals surface area contributed by atoms with Crippen LogP contribution in [0.5, 0.6) is 0 Å². The number of Topliss-reactive ketones (excluding diaryl/α,β-unsaturated/α-hetero) is 3. The lowest BCUT2D eigenvalue weighted by Gasteiger charge is -2.56. The number of aliphatic hydroxyl groups is 3. The van der Waals surface area contributed by atoms with Crippen LogP contribution in [0.2, 0.25) is 0 Å². The maximum atomic E-state index is 13.5. The van der Waals surface area contributed by atoms with Gasteiger partial charge in [0, 0.05) is 36.3 Å². The third-order valence-electron chi connectivity index (χ3n) is 30.3. The molecule has 0 saturated heterocycles. The third-order valence-corrected chi connectivity index (χ3v) is 30.8. The van der Waals surface area contributed by atoms with Gasteiger partial charge in [0.05, 0.1) is 46.2 Å². The molecule has 12 aliphatic carbocycles. The zero-order valence-electron chi connectivity index (χ0n) is 58.7. The minimum absolute atomic E-state index is 0.124. The zero-order valence-corrected chi connectivity index (χ0v) is 60.3. The molecule has 18 nitrogen and oxygen atoms in total. The molecule has 18 rings (SSSR count). The van der Waals surface area contributed by atoms with Gasteiger partial charge in [0.2, 0.25) is 0 Å². The van der Waals surface area contributed by atoms with Crippen LogP contribution < -0.4 is 0 Å². The quantitative estimate of drug-likeness (QED) is 0.103. The monoisotopic (exact) mass is 1390 g/mol. The molecule has 6 aromatic heterocycles. The van der Waals surface area contributed by atoms with Crippen LogP contribution in [0.4, 0.5) is 0 Å². The highest BCUT2D eigenvalue weighted by molar-refractivity contribution is 9.09. The number of rotatable bonds is 8. The normalized spacial score (nSPS) is 42.9. The molecule has 24 atom stereocenters. The highest BCUT2D eigenvalue weighted by Crippen LogP contribution is 2.68. The summed E-state index contributed by atoms with van der Waals surface area (Å²) in [5, 5.41) is 59.8. The average Bonchev–Trinajstić information content (AvgIpc) is 1.65. The number of hydrogen-bond donors (Lipinski definition) is 4. The van der Waals surface area contributed by atoms with E-state index in [1.165, 1.54) is 116 Å². The predicted molar refractivity (Wildman–Crippen MR) is 375 cm³/mol. The number of halogens is 1. The second kappa shape index (κ2) is 26.4. The van der Waals surface area contributed by atoms with Crippen molar-refractivity contribution in [3.05, 3.63) is 55.4 Å². The molecule has 4 N–H and O–H groups in total. The Morgan fingerprint density at radius 2 is 0.845 bits per heavy atom. The van der Waals surface area contributed by atoms with Crippen LogP contribution in [0.3, 0.4) is 0 Å². The average molecular weight is 1390 g/mol. The minimum atomic E-state index is -0.455. The van der Waals surface area contributed by atoms with Gasteiger partial charge in [-0.2, -0.15) is 30.4 Å². The van der Waals surface area contributed by atoms with E-state index >= 15 is 0 Å². The maximum Gasteiger partial charge on any atom is 0.159 e. The number of hydrogen-bond acceptors (Lipinski definition) is 15. The first-order chi connectivity index (χ1) is 46.5. The largest absolute Gasteiger partial charge is 0.390 e. The summed E-state index contributed by atoms with van der Waals surface area (Å²) in [5.41, 5.74) is 4.03. The number of nitrogens with one attached hydrogen (secondary N) is 1. The van der Waals surface area contributed by atoms with E-state index in [4.69, 9.17) is 0 Å². The van der Waals surface area contributed by atoms with Crippen molar-refractivity contribution in [2.75, 3.05) is 5.33 Å². The Balaban J connectivity index is 0.000000113. The molecule has 0 spiro atoms. The van der Waals surface area contributed by atoms with Crippen molar-refractivity contribution in [3.63, 3.8) is 0 Å². The van der Waals surface area contributed by atoms with Gasteiger partial charge in [-0.1, -0.05) is 41.9 Å². The number of H-pyrrole nitrogens is 1. The summed E-state index contributed by atoms with van der Waals surface area (Å²) in [6, 6.07) is 5.55. The van der Waals surface area contributed by atoms with E-state index in [1.807, 2.05) is 32.9 Å². The Labute approximate surface area is 581 Å². The van der Waals surface area contributed by atoms with Gasteiger partial charge in [0.25, 0.3) is 0 Å². The van der Waals surface area contributed by atoms with Crippen LogP contribution in [0.25, 0.3) is 33.1 Å². The SMILES string of the molecule is C[C@@]1(O)CC[C@H]2[C@H](CC[C@@H]3[C@@H]2CC[C@]2(C)[C@@H](C(=O)CBr)CC[C@@H]32)C1.C[C@@]1(O)CC[C@H]2[C@H](CC[C@@H]3[C@@H]2CC[C@]2(C)[C@@H](C(=O)Cn4nc5ccncc5n4)CC[C@@H]32)C1.C[C@@]1(O)CC[C@H]2[C@H](CC[C@@H]3[C@@H]2CC[C@]2(C)[C@@H](C(=O)Cn4nnc5cnccc54)CC[C@@H]32)C1.c1cc2n[nH]nc2cn1. The highest BCUT2D eigenvalue weighted by Gasteiger charge is 2.62. The van der Waals surface area contributed by atoms with Crippen LogP contribution in [0, 0.1) is 123 Å². The molecule has 0 bridgehead atoms. The third kappa shape index (κ3) is 12.7. The van der Waals surface area contributed by atoms with Gasteiger partial charge in [-0.3, -0.25) is 29.3 Å². The summed E-state index contributed by atoms with van der Waals surface area (Å²) in [6.45, 7) is 14.0. The van der Waals surface area contributed by atoms with E-state index in [-0.39, 0.29) is 34.6 Å². The van der Waals surface area contributed by atoms with Crippen LogP contribution in [-0.2, 0) is 27.5 Å². The first kappa shape index (κ1) is 67.8. The number of pyridine rings is 3. The van der Waals surface area contributed by atoms with Crippen LogP contribution in [0.15, 0.2) is 55.4 Å². The molecule has 524 valence electrons. The molecule has 0 unspecified atom stereocenters. The number of ketones is 3. The molecule has 0 amide bonds. The Bertz CT molecular complexity index is 3760. The zero-order chi connectivity index (χ0) is 67.4. The van der Waals surface area contributed by atoms with E-state index in [9.17, 15) is 29.7 Å². The molecule has 6 aromatic rings. The number of aromatic amines is 1. The summed E-state index contributed by atoms with van der Waals surface area (Å²) in [4.78, 5) is 53.1. The van der Waals surface area contributed by atoms with Gasteiger partial charge in [-0.05, 0) is 317 Å². The van der Waals surface area contributed by atoms with Gasteiger partial charge >= 0.3 is 0 Å². The lowest BCUT2D eigenvalue weighted by atomic mass is 9.49.